The topological polar surface area (TPSA) is 54.8 Å². The molecule has 39 heavy (non-hydrogen) atoms. The molecular weight excluding hydrogens is 477 g/mol. The molecule has 0 N–H and O–H groups in total. The maximum absolute atomic E-state index is 4.64. The first-order valence-corrected chi connectivity index (χ1v) is 13.1. The maximum atomic E-state index is 4.64. The number of rotatable bonds is 2. The highest BCUT2D eigenvalue weighted by Crippen LogP contribution is 2.57. The molecule has 1 spiro atoms. The Morgan fingerprint density at radius 2 is 0.949 bits per heavy atom. The van der Waals surface area contributed by atoms with Crippen molar-refractivity contribution in [1.82, 2.24) is 19.9 Å². The molecule has 2 aromatic carbocycles. The van der Waals surface area contributed by atoms with Gasteiger partial charge in [0.2, 0.25) is 6.71 Å². The third-order valence-electron chi connectivity index (χ3n) is 8.17. The number of anilines is 3. The van der Waals surface area contributed by atoms with Gasteiger partial charge in [0.1, 0.15) is 0 Å². The summed E-state index contributed by atoms with van der Waals surface area (Å²) in [6.07, 6.45) is 15.7. The predicted molar refractivity (Wildman–Crippen MR) is 155 cm³/mol. The Hall–Kier alpha value is -5.10. The number of nitrogens with zero attached hydrogens (tertiary/aromatic N) is 5. The summed E-state index contributed by atoms with van der Waals surface area (Å²) in [6, 6.07) is 29.8. The van der Waals surface area contributed by atoms with E-state index in [2.05, 4.69) is 104 Å². The second-order valence-electron chi connectivity index (χ2n) is 9.98. The van der Waals surface area contributed by atoms with Crippen molar-refractivity contribution in [2.45, 2.75) is 5.41 Å². The fourth-order valence-corrected chi connectivity index (χ4v) is 6.75. The standard InChI is InChI=1S/C33H22BN5/c1-3-7-23(8-4-1)34-29-19-35-15-11-25(29)33(26-12-16-36-20-30(26)34)27-13-17-37-21-31(27)39(24-9-5-2-6-10-24)32-22-38-18-14-28(32)33/h1-22H. The van der Waals surface area contributed by atoms with Crippen LogP contribution >= 0.6 is 0 Å². The zero-order valence-corrected chi connectivity index (χ0v) is 21.0. The van der Waals surface area contributed by atoms with Gasteiger partial charge in [0.25, 0.3) is 0 Å². The van der Waals surface area contributed by atoms with Gasteiger partial charge in [-0.3, -0.25) is 19.9 Å². The van der Waals surface area contributed by atoms with E-state index in [0.717, 1.165) is 17.1 Å². The lowest BCUT2D eigenvalue weighted by atomic mass is 9.31. The summed E-state index contributed by atoms with van der Waals surface area (Å²) in [7, 11) is 0. The Morgan fingerprint density at radius 3 is 1.49 bits per heavy atom. The fraction of sp³-hybridized carbons (Fsp3) is 0.0303. The minimum Gasteiger partial charge on any atom is -0.307 e. The predicted octanol–water partition coefficient (Wildman–Crippen LogP) is 4.26. The lowest BCUT2D eigenvalue weighted by molar-refractivity contribution is 0.729. The third kappa shape index (κ3) is 2.97. The van der Waals surface area contributed by atoms with Gasteiger partial charge in [-0.25, -0.2) is 0 Å². The Kier molecular flexibility index (Phi) is 4.76. The number of benzene rings is 2. The van der Waals surface area contributed by atoms with E-state index >= 15 is 0 Å². The number of pyridine rings is 4. The molecule has 0 unspecified atom stereocenters. The molecule has 0 aliphatic carbocycles. The van der Waals surface area contributed by atoms with Crippen LogP contribution < -0.4 is 21.3 Å². The summed E-state index contributed by atoms with van der Waals surface area (Å²) in [6.45, 7) is 0.0203. The van der Waals surface area contributed by atoms with Crippen molar-refractivity contribution in [1.29, 1.82) is 0 Å². The molecule has 0 saturated carbocycles. The van der Waals surface area contributed by atoms with Gasteiger partial charge in [-0.05, 0) is 69.6 Å². The molecule has 0 fully saturated rings. The molecule has 0 amide bonds. The van der Waals surface area contributed by atoms with Crippen LogP contribution in [0.3, 0.4) is 0 Å². The summed E-state index contributed by atoms with van der Waals surface area (Å²) in [5.74, 6) is 0. The van der Waals surface area contributed by atoms with Crippen LogP contribution in [0.1, 0.15) is 22.3 Å². The minimum absolute atomic E-state index is 0.0203. The molecule has 0 radical (unpaired) electrons. The van der Waals surface area contributed by atoms with Crippen LogP contribution in [-0.2, 0) is 5.41 Å². The molecule has 5 nitrogen and oxygen atoms in total. The van der Waals surface area contributed by atoms with Crippen molar-refractivity contribution < 1.29 is 0 Å². The van der Waals surface area contributed by atoms with Crippen molar-refractivity contribution in [2.24, 2.45) is 0 Å². The van der Waals surface area contributed by atoms with Crippen molar-refractivity contribution in [3.05, 3.63) is 157 Å². The van der Waals surface area contributed by atoms with Gasteiger partial charge < -0.3 is 4.90 Å². The Balaban J connectivity index is 1.53. The van der Waals surface area contributed by atoms with E-state index in [1.165, 1.54) is 38.6 Å². The molecule has 0 saturated heterocycles. The fourth-order valence-electron chi connectivity index (χ4n) is 6.75. The second kappa shape index (κ2) is 8.46. The molecule has 182 valence electrons. The summed E-state index contributed by atoms with van der Waals surface area (Å²) < 4.78 is 0. The first-order chi connectivity index (χ1) is 19.4. The maximum Gasteiger partial charge on any atom is 0.246 e. The average molecular weight is 499 g/mol. The summed E-state index contributed by atoms with van der Waals surface area (Å²) >= 11 is 0. The zero-order valence-electron chi connectivity index (χ0n) is 21.0. The van der Waals surface area contributed by atoms with Gasteiger partial charge in [0, 0.05) is 42.9 Å². The van der Waals surface area contributed by atoms with Gasteiger partial charge >= 0.3 is 0 Å². The molecule has 6 aromatic rings. The quantitative estimate of drug-likeness (QED) is 0.333. The molecule has 6 heteroatoms. The van der Waals surface area contributed by atoms with Gasteiger partial charge in [-0.1, -0.05) is 54.0 Å². The average Bonchev–Trinajstić information content (AvgIpc) is 3.02. The van der Waals surface area contributed by atoms with Gasteiger partial charge in [0.05, 0.1) is 29.2 Å². The molecule has 0 bridgehead atoms. The summed E-state index contributed by atoms with van der Waals surface area (Å²) in [5.41, 5.74) is 10.9. The number of fused-ring (bicyclic) bond motifs is 8. The van der Waals surface area contributed by atoms with Crippen molar-refractivity contribution in [3.63, 3.8) is 0 Å². The van der Waals surface area contributed by atoms with Crippen LogP contribution in [0.5, 0.6) is 0 Å². The van der Waals surface area contributed by atoms with Gasteiger partial charge in [-0.2, -0.15) is 0 Å². The number of hydrogen-bond donors (Lipinski definition) is 0. The number of para-hydroxylation sites is 1. The Bertz CT molecular complexity index is 1610. The number of aromatic nitrogens is 4. The van der Waals surface area contributed by atoms with E-state index in [4.69, 9.17) is 0 Å². The lowest BCUT2D eigenvalue weighted by Gasteiger charge is -2.49. The van der Waals surface area contributed by atoms with E-state index in [0.29, 0.717) is 0 Å². The first kappa shape index (κ1) is 21.9. The Morgan fingerprint density at radius 1 is 0.487 bits per heavy atom. The monoisotopic (exact) mass is 499 g/mol. The van der Waals surface area contributed by atoms with E-state index in [-0.39, 0.29) is 6.71 Å². The second-order valence-corrected chi connectivity index (χ2v) is 9.98. The minimum atomic E-state index is -0.594. The first-order valence-electron chi connectivity index (χ1n) is 13.1. The molecule has 8 rings (SSSR count). The molecule has 0 atom stereocenters. The highest BCUT2D eigenvalue weighted by molar-refractivity contribution is 6.96. The highest BCUT2D eigenvalue weighted by atomic mass is 15.2. The molecule has 2 aliphatic rings. The van der Waals surface area contributed by atoms with Crippen LogP contribution in [0.2, 0.25) is 0 Å². The summed E-state index contributed by atoms with van der Waals surface area (Å²) in [5, 5.41) is 0. The van der Waals surface area contributed by atoms with Crippen LogP contribution in [-0.4, -0.2) is 26.6 Å². The third-order valence-corrected chi connectivity index (χ3v) is 8.17. The van der Waals surface area contributed by atoms with Gasteiger partial charge in [-0.15, -0.1) is 0 Å². The van der Waals surface area contributed by atoms with Crippen molar-refractivity contribution >= 4 is 40.2 Å². The molecule has 2 aliphatic heterocycles. The molecular formula is C33H22BN5. The highest BCUT2D eigenvalue weighted by Gasteiger charge is 2.52. The lowest BCUT2D eigenvalue weighted by Crippen LogP contribution is -2.62. The zero-order chi connectivity index (χ0) is 25.8. The molecule has 6 heterocycles. The van der Waals surface area contributed by atoms with E-state index in [1.54, 1.807) is 0 Å². The Labute approximate surface area is 227 Å². The smallest absolute Gasteiger partial charge is 0.246 e. The van der Waals surface area contributed by atoms with Crippen LogP contribution in [0.15, 0.2) is 135 Å². The molecule has 4 aromatic heterocycles. The van der Waals surface area contributed by atoms with E-state index in [9.17, 15) is 0 Å². The van der Waals surface area contributed by atoms with E-state index in [1.807, 2.05) is 55.6 Å². The van der Waals surface area contributed by atoms with Crippen molar-refractivity contribution in [3.8, 4) is 0 Å². The van der Waals surface area contributed by atoms with Crippen LogP contribution in [0.25, 0.3) is 0 Å². The van der Waals surface area contributed by atoms with Gasteiger partial charge in [0.15, 0.2) is 0 Å². The number of hydrogen-bond acceptors (Lipinski definition) is 5. The van der Waals surface area contributed by atoms with Crippen LogP contribution in [0, 0.1) is 0 Å². The normalized spacial score (nSPS) is 14.3. The largest absolute Gasteiger partial charge is 0.307 e. The van der Waals surface area contributed by atoms with Crippen LogP contribution in [0.4, 0.5) is 17.1 Å². The SMILES string of the molecule is c1ccc(B2c3cnccc3C3(c4ccncc42)c2ccncc2N(c2ccccc2)c2cnccc23)cc1. The van der Waals surface area contributed by atoms with Crippen molar-refractivity contribution in [2.75, 3.05) is 4.90 Å². The summed E-state index contributed by atoms with van der Waals surface area (Å²) in [4.78, 5) is 20.8. The van der Waals surface area contributed by atoms with E-state index < -0.39 is 5.41 Å².